The van der Waals surface area contributed by atoms with E-state index in [0.717, 1.165) is 28.2 Å². The summed E-state index contributed by atoms with van der Waals surface area (Å²) < 4.78 is 2.48. The number of aromatic nitrogens is 2. The highest BCUT2D eigenvalue weighted by molar-refractivity contribution is 8.26. The monoisotopic (exact) mass is 425 g/mol. The third kappa shape index (κ3) is 3.57. The normalized spacial score (nSPS) is 16.9. The van der Waals surface area contributed by atoms with E-state index in [0.29, 0.717) is 9.23 Å². The molecule has 2 aromatic heterocycles. The van der Waals surface area contributed by atoms with Gasteiger partial charge in [-0.15, -0.1) is 11.3 Å². The van der Waals surface area contributed by atoms with Gasteiger partial charge in [-0.25, -0.2) is 4.68 Å². The summed E-state index contributed by atoms with van der Waals surface area (Å²) in [7, 11) is 0. The molecule has 0 N–H and O–H groups in total. The van der Waals surface area contributed by atoms with Crippen LogP contribution in [0, 0.1) is 0 Å². The fraction of sp³-hybridized carbons (Fsp3) is 0.190. The zero-order chi connectivity index (χ0) is 19.7. The van der Waals surface area contributed by atoms with Crippen LogP contribution in [0.3, 0.4) is 0 Å². The molecule has 4 rings (SSSR count). The molecule has 1 aliphatic heterocycles. The lowest BCUT2D eigenvalue weighted by Crippen LogP contribution is -2.36. The molecule has 0 radical (unpaired) electrons. The fourth-order valence-corrected chi connectivity index (χ4v) is 5.18. The molecular formula is C21H19N3OS3. The van der Waals surface area contributed by atoms with E-state index in [-0.39, 0.29) is 11.9 Å². The second-order valence-electron chi connectivity index (χ2n) is 6.50. The average molecular weight is 426 g/mol. The summed E-state index contributed by atoms with van der Waals surface area (Å²) in [5, 5.41) is 6.83. The molecule has 0 spiro atoms. The standard InChI is InChI=1S/C21H19N3OS3/c1-3-14(2)24-20(25)18(28-21(24)26)12-15-13-23(16-8-5-4-6-9-16)22-19(15)17-10-7-11-27-17/h4-14H,3H2,1-2H3/b18-12+. The largest absolute Gasteiger partial charge is 0.290 e. The molecule has 1 atom stereocenters. The molecule has 1 saturated heterocycles. The van der Waals surface area contributed by atoms with E-state index < -0.39 is 0 Å². The Morgan fingerprint density at radius 1 is 1.21 bits per heavy atom. The molecule has 1 aliphatic rings. The molecule has 1 aromatic carbocycles. The molecule has 3 heterocycles. The number of rotatable bonds is 5. The van der Waals surface area contributed by atoms with Crippen molar-refractivity contribution < 1.29 is 4.79 Å². The lowest BCUT2D eigenvalue weighted by atomic mass is 10.2. The van der Waals surface area contributed by atoms with Crippen molar-refractivity contribution in [3.8, 4) is 16.3 Å². The maximum absolute atomic E-state index is 12.9. The van der Waals surface area contributed by atoms with E-state index in [9.17, 15) is 4.79 Å². The van der Waals surface area contributed by atoms with Gasteiger partial charge in [0.25, 0.3) is 5.91 Å². The Kier molecular flexibility index (Phi) is 5.48. The van der Waals surface area contributed by atoms with Crippen molar-refractivity contribution in [2.75, 3.05) is 0 Å². The third-order valence-electron chi connectivity index (χ3n) is 4.66. The lowest BCUT2D eigenvalue weighted by Gasteiger charge is -2.21. The number of carbonyl (C=O) groups excluding carboxylic acids is 1. The summed E-state index contributed by atoms with van der Waals surface area (Å²) in [4.78, 5) is 16.4. The van der Waals surface area contributed by atoms with Crippen LogP contribution in [0.25, 0.3) is 22.3 Å². The van der Waals surface area contributed by atoms with Gasteiger partial charge in [0, 0.05) is 17.8 Å². The van der Waals surface area contributed by atoms with Gasteiger partial charge in [-0.05, 0) is 43.0 Å². The Hall–Kier alpha value is -2.22. The van der Waals surface area contributed by atoms with Crippen LogP contribution in [0.4, 0.5) is 0 Å². The summed E-state index contributed by atoms with van der Waals surface area (Å²) in [6, 6.07) is 14.1. The number of hydrogen-bond donors (Lipinski definition) is 0. The molecule has 1 amide bonds. The first-order chi connectivity index (χ1) is 13.6. The fourth-order valence-electron chi connectivity index (χ4n) is 2.99. The van der Waals surface area contributed by atoms with Gasteiger partial charge in [0.15, 0.2) is 0 Å². The second kappa shape index (κ2) is 8.03. The summed E-state index contributed by atoms with van der Waals surface area (Å²) >= 11 is 8.46. The van der Waals surface area contributed by atoms with Crippen molar-refractivity contribution in [1.29, 1.82) is 0 Å². The Labute approximate surface area is 177 Å². The van der Waals surface area contributed by atoms with E-state index in [4.69, 9.17) is 17.3 Å². The molecule has 28 heavy (non-hydrogen) atoms. The minimum Gasteiger partial charge on any atom is -0.290 e. The molecule has 0 aliphatic carbocycles. The molecule has 4 nitrogen and oxygen atoms in total. The number of amides is 1. The third-order valence-corrected chi connectivity index (χ3v) is 6.87. The van der Waals surface area contributed by atoms with Crippen molar-refractivity contribution >= 4 is 51.6 Å². The first-order valence-electron chi connectivity index (χ1n) is 9.04. The van der Waals surface area contributed by atoms with Crippen molar-refractivity contribution in [2.24, 2.45) is 0 Å². The molecule has 7 heteroatoms. The van der Waals surface area contributed by atoms with Crippen LogP contribution in [0.1, 0.15) is 25.8 Å². The topological polar surface area (TPSA) is 38.1 Å². The SMILES string of the molecule is CCC(C)N1C(=O)/C(=C\c2cn(-c3ccccc3)nc2-c2cccs2)SC1=S. The first-order valence-corrected chi connectivity index (χ1v) is 11.1. The van der Waals surface area contributed by atoms with E-state index in [1.165, 1.54) is 11.8 Å². The minimum atomic E-state index is -0.0195. The van der Waals surface area contributed by atoms with Crippen LogP contribution in [-0.2, 0) is 4.79 Å². The van der Waals surface area contributed by atoms with Crippen molar-refractivity contribution in [3.63, 3.8) is 0 Å². The number of hydrogen-bond acceptors (Lipinski definition) is 5. The van der Waals surface area contributed by atoms with Crippen LogP contribution in [0.2, 0.25) is 0 Å². The average Bonchev–Trinajstić information content (AvgIpc) is 3.42. The number of thioether (sulfide) groups is 1. The highest BCUT2D eigenvalue weighted by Gasteiger charge is 2.35. The highest BCUT2D eigenvalue weighted by atomic mass is 32.2. The number of carbonyl (C=O) groups is 1. The maximum atomic E-state index is 12.9. The molecule has 0 saturated carbocycles. The Morgan fingerprint density at radius 3 is 2.68 bits per heavy atom. The number of para-hydroxylation sites is 1. The van der Waals surface area contributed by atoms with Crippen LogP contribution < -0.4 is 0 Å². The first kappa shape index (κ1) is 19.1. The van der Waals surface area contributed by atoms with Crippen molar-refractivity contribution in [3.05, 3.63) is 64.5 Å². The number of thiocarbonyl (C=S) groups is 1. The molecule has 0 bridgehead atoms. The van der Waals surface area contributed by atoms with Gasteiger partial charge in [-0.2, -0.15) is 5.10 Å². The van der Waals surface area contributed by atoms with Gasteiger partial charge in [0.1, 0.15) is 10.0 Å². The number of nitrogens with zero attached hydrogens (tertiary/aromatic N) is 3. The second-order valence-corrected chi connectivity index (χ2v) is 9.12. The highest BCUT2D eigenvalue weighted by Crippen LogP contribution is 2.36. The minimum absolute atomic E-state index is 0.0195. The molecule has 1 unspecified atom stereocenters. The molecular weight excluding hydrogens is 406 g/mol. The van der Waals surface area contributed by atoms with Gasteiger partial charge in [-0.3, -0.25) is 9.69 Å². The maximum Gasteiger partial charge on any atom is 0.266 e. The summed E-state index contributed by atoms with van der Waals surface area (Å²) in [6.45, 7) is 4.09. The Morgan fingerprint density at radius 2 is 2.00 bits per heavy atom. The zero-order valence-corrected chi connectivity index (χ0v) is 18.0. The number of thiophene rings is 1. The van der Waals surface area contributed by atoms with Crippen LogP contribution in [0.5, 0.6) is 0 Å². The van der Waals surface area contributed by atoms with Gasteiger partial charge < -0.3 is 0 Å². The van der Waals surface area contributed by atoms with Gasteiger partial charge in [0.2, 0.25) is 0 Å². The Balaban J connectivity index is 1.77. The Bertz CT molecular complexity index is 1040. The van der Waals surface area contributed by atoms with Gasteiger partial charge in [0.05, 0.1) is 15.5 Å². The van der Waals surface area contributed by atoms with Crippen LogP contribution in [0.15, 0.2) is 58.9 Å². The van der Waals surface area contributed by atoms with Crippen LogP contribution >= 0.6 is 35.3 Å². The zero-order valence-electron chi connectivity index (χ0n) is 15.5. The predicted octanol–water partition coefficient (Wildman–Crippen LogP) is 5.60. The molecule has 142 valence electrons. The quantitative estimate of drug-likeness (QED) is 0.394. The predicted molar refractivity (Wildman–Crippen MR) is 122 cm³/mol. The van der Waals surface area contributed by atoms with Crippen molar-refractivity contribution in [2.45, 2.75) is 26.3 Å². The van der Waals surface area contributed by atoms with E-state index in [2.05, 4.69) is 6.92 Å². The van der Waals surface area contributed by atoms with Crippen LogP contribution in [-0.4, -0.2) is 30.9 Å². The van der Waals surface area contributed by atoms with Crippen molar-refractivity contribution in [1.82, 2.24) is 14.7 Å². The van der Waals surface area contributed by atoms with E-state index in [1.807, 2.05) is 71.7 Å². The van der Waals surface area contributed by atoms with Gasteiger partial charge >= 0.3 is 0 Å². The van der Waals surface area contributed by atoms with E-state index in [1.54, 1.807) is 16.2 Å². The van der Waals surface area contributed by atoms with Gasteiger partial charge in [-0.1, -0.05) is 55.2 Å². The van der Waals surface area contributed by atoms with E-state index >= 15 is 0 Å². The molecule has 3 aromatic rings. The summed E-state index contributed by atoms with van der Waals surface area (Å²) in [6.07, 6.45) is 4.76. The summed E-state index contributed by atoms with van der Waals surface area (Å²) in [5.41, 5.74) is 2.76. The molecule has 1 fully saturated rings. The summed E-state index contributed by atoms with van der Waals surface area (Å²) in [5.74, 6) is -0.0195. The number of benzene rings is 1. The smallest absolute Gasteiger partial charge is 0.266 e. The lowest BCUT2D eigenvalue weighted by molar-refractivity contribution is -0.123.